The maximum atomic E-state index is 6.28. The van der Waals surface area contributed by atoms with Gasteiger partial charge in [-0.1, -0.05) is 41.6 Å². The molecular weight excluding hydrogens is 394 g/mol. The maximum Gasteiger partial charge on any atom is 0.134 e. The van der Waals surface area contributed by atoms with Crippen molar-refractivity contribution in [3.8, 4) is 0 Å². The molecule has 1 fully saturated rings. The van der Waals surface area contributed by atoms with E-state index in [0.717, 1.165) is 42.4 Å². The lowest BCUT2D eigenvalue weighted by atomic mass is 10.1. The second-order valence-corrected chi connectivity index (χ2v) is 9.90. The summed E-state index contributed by atoms with van der Waals surface area (Å²) in [6, 6.07) is 14.9. The molecule has 1 unspecified atom stereocenters. The van der Waals surface area contributed by atoms with Crippen molar-refractivity contribution in [3.05, 3.63) is 69.7 Å². The van der Waals surface area contributed by atoms with Crippen LogP contribution in [0.3, 0.4) is 0 Å². The second-order valence-electron chi connectivity index (χ2n) is 6.90. The Balaban J connectivity index is 1.27. The number of halogens is 1. The highest BCUT2D eigenvalue weighted by atomic mass is 35.5. The van der Waals surface area contributed by atoms with E-state index in [1.165, 1.54) is 21.1 Å². The summed E-state index contributed by atoms with van der Waals surface area (Å²) < 4.78 is 0. The highest BCUT2D eigenvalue weighted by Crippen LogP contribution is 2.36. The molecule has 0 bridgehead atoms. The van der Waals surface area contributed by atoms with Gasteiger partial charge >= 0.3 is 0 Å². The van der Waals surface area contributed by atoms with Gasteiger partial charge in [0.25, 0.3) is 0 Å². The fraction of sp³-hybridized carbons (Fsp3) is 0.333. The molecule has 2 aliphatic rings. The summed E-state index contributed by atoms with van der Waals surface area (Å²) in [7, 11) is 0. The number of benzene rings is 2. The van der Waals surface area contributed by atoms with Gasteiger partial charge in [0, 0.05) is 34.4 Å². The molecule has 27 heavy (non-hydrogen) atoms. The van der Waals surface area contributed by atoms with Gasteiger partial charge in [0.05, 0.1) is 5.03 Å². The van der Waals surface area contributed by atoms with Crippen LogP contribution in [0, 0.1) is 0 Å². The molecule has 2 heterocycles. The molecule has 1 saturated heterocycles. The van der Waals surface area contributed by atoms with Gasteiger partial charge in [-0.25, -0.2) is 0 Å². The third kappa shape index (κ3) is 4.77. The number of nitrogens with one attached hydrogen (secondary N) is 3. The third-order valence-corrected chi connectivity index (χ3v) is 7.51. The van der Waals surface area contributed by atoms with Crippen molar-refractivity contribution in [2.75, 3.05) is 24.2 Å². The number of hydrogen-bond donors (Lipinski definition) is 3. The minimum atomic E-state index is -0.0487. The van der Waals surface area contributed by atoms with Gasteiger partial charge in [0.15, 0.2) is 0 Å². The van der Waals surface area contributed by atoms with Crippen LogP contribution in [0.1, 0.15) is 18.1 Å². The molecular formula is C21H24ClN3S2. The van der Waals surface area contributed by atoms with Crippen molar-refractivity contribution in [1.82, 2.24) is 10.6 Å². The molecule has 0 aliphatic carbocycles. The molecule has 6 heteroatoms. The number of rotatable bonds is 6. The van der Waals surface area contributed by atoms with Crippen molar-refractivity contribution in [3.63, 3.8) is 0 Å². The van der Waals surface area contributed by atoms with E-state index in [4.69, 9.17) is 11.6 Å². The van der Waals surface area contributed by atoms with Crippen molar-refractivity contribution < 1.29 is 0 Å². The van der Waals surface area contributed by atoms with Gasteiger partial charge in [-0.05, 0) is 61.2 Å². The van der Waals surface area contributed by atoms with Gasteiger partial charge in [0.2, 0.25) is 0 Å². The zero-order valence-corrected chi connectivity index (χ0v) is 17.7. The number of fused-ring (bicyclic) bond motifs is 1. The normalized spacial score (nSPS) is 21.5. The highest BCUT2D eigenvalue weighted by molar-refractivity contribution is 8.03. The summed E-state index contributed by atoms with van der Waals surface area (Å²) in [5, 5.41) is 12.7. The average Bonchev–Trinajstić information content (AvgIpc) is 3.09. The average molecular weight is 418 g/mol. The molecule has 0 aromatic heterocycles. The summed E-state index contributed by atoms with van der Waals surface area (Å²) >= 11 is 9.97. The minimum absolute atomic E-state index is 0.0487. The molecule has 1 atom stereocenters. The largest absolute Gasteiger partial charge is 0.380 e. The molecule has 2 aromatic rings. The first-order valence-electron chi connectivity index (χ1n) is 9.27. The minimum Gasteiger partial charge on any atom is -0.380 e. The van der Waals surface area contributed by atoms with E-state index in [-0.39, 0.29) is 4.99 Å². The zero-order chi connectivity index (χ0) is 18.7. The first kappa shape index (κ1) is 19.1. The number of thioether (sulfide) groups is 2. The Kier molecular flexibility index (Phi) is 5.93. The monoisotopic (exact) mass is 417 g/mol. The standard InChI is InChI=1S/C21H24ClN3S2/c1-21(24-13-14-26-21)25-16-7-5-15(6-8-16)11-12-23-20-10-9-17-18(22)3-2-4-19(17)27-20/h2-8,10,23-25H,9,11-14H2,1H3. The number of allylic oxidation sites excluding steroid dienone is 1. The van der Waals surface area contributed by atoms with E-state index >= 15 is 0 Å². The van der Waals surface area contributed by atoms with Gasteiger partial charge in [-0.2, -0.15) is 0 Å². The van der Waals surface area contributed by atoms with Crippen LogP contribution >= 0.6 is 35.1 Å². The van der Waals surface area contributed by atoms with E-state index in [1.807, 2.05) is 23.9 Å². The van der Waals surface area contributed by atoms with Crippen molar-refractivity contribution >= 4 is 40.8 Å². The lowest BCUT2D eigenvalue weighted by Crippen LogP contribution is -2.41. The quantitative estimate of drug-likeness (QED) is 0.610. The maximum absolute atomic E-state index is 6.28. The Morgan fingerprint density at radius 3 is 2.81 bits per heavy atom. The topological polar surface area (TPSA) is 36.1 Å². The second kappa shape index (κ2) is 8.39. The highest BCUT2D eigenvalue weighted by Gasteiger charge is 2.28. The summed E-state index contributed by atoms with van der Waals surface area (Å²) in [6.45, 7) is 4.18. The summed E-state index contributed by atoms with van der Waals surface area (Å²) in [5.41, 5.74) is 3.74. The number of hydrogen-bond acceptors (Lipinski definition) is 5. The Hall–Kier alpha value is -1.27. The van der Waals surface area contributed by atoms with Crippen molar-refractivity contribution in [2.24, 2.45) is 0 Å². The van der Waals surface area contributed by atoms with E-state index in [1.54, 1.807) is 11.8 Å². The molecule has 2 aromatic carbocycles. The molecule has 0 amide bonds. The summed E-state index contributed by atoms with van der Waals surface area (Å²) in [5.74, 6) is 1.15. The van der Waals surface area contributed by atoms with Crippen LogP contribution in [-0.2, 0) is 12.8 Å². The van der Waals surface area contributed by atoms with Crippen LogP contribution in [0.15, 0.2) is 58.5 Å². The summed E-state index contributed by atoms with van der Waals surface area (Å²) in [4.78, 5) is 1.21. The zero-order valence-electron chi connectivity index (χ0n) is 15.3. The fourth-order valence-corrected chi connectivity index (χ4v) is 5.69. The first-order chi connectivity index (χ1) is 13.1. The Bertz CT molecular complexity index is 830. The van der Waals surface area contributed by atoms with Crippen LogP contribution in [0.5, 0.6) is 0 Å². The van der Waals surface area contributed by atoms with E-state index in [2.05, 4.69) is 59.3 Å². The van der Waals surface area contributed by atoms with Crippen LogP contribution in [0.4, 0.5) is 5.69 Å². The van der Waals surface area contributed by atoms with Gasteiger partial charge in [0.1, 0.15) is 4.99 Å². The van der Waals surface area contributed by atoms with Crippen LogP contribution < -0.4 is 16.0 Å². The molecule has 0 spiro atoms. The molecule has 2 aliphatic heterocycles. The van der Waals surface area contributed by atoms with Crippen LogP contribution in [0.2, 0.25) is 5.02 Å². The smallest absolute Gasteiger partial charge is 0.134 e. The molecule has 142 valence electrons. The van der Waals surface area contributed by atoms with Gasteiger partial charge in [-0.15, -0.1) is 11.8 Å². The van der Waals surface area contributed by atoms with Crippen molar-refractivity contribution in [1.29, 1.82) is 0 Å². The predicted molar refractivity (Wildman–Crippen MR) is 120 cm³/mol. The fourth-order valence-electron chi connectivity index (χ4n) is 3.33. The van der Waals surface area contributed by atoms with Gasteiger partial charge < -0.3 is 10.6 Å². The molecule has 4 rings (SSSR count). The van der Waals surface area contributed by atoms with E-state index in [9.17, 15) is 0 Å². The van der Waals surface area contributed by atoms with Crippen molar-refractivity contribution in [2.45, 2.75) is 29.7 Å². The first-order valence-corrected chi connectivity index (χ1v) is 11.4. The van der Waals surface area contributed by atoms with E-state index < -0.39 is 0 Å². The van der Waals surface area contributed by atoms with Crippen LogP contribution in [-0.4, -0.2) is 23.8 Å². The molecule has 0 saturated carbocycles. The molecule has 3 nitrogen and oxygen atoms in total. The Morgan fingerprint density at radius 2 is 2.04 bits per heavy atom. The van der Waals surface area contributed by atoms with Crippen LogP contribution in [0.25, 0.3) is 0 Å². The molecule has 3 N–H and O–H groups in total. The number of anilines is 1. The Morgan fingerprint density at radius 1 is 1.19 bits per heavy atom. The lowest BCUT2D eigenvalue weighted by Gasteiger charge is -2.26. The summed E-state index contributed by atoms with van der Waals surface area (Å²) in [6.07, 6.45) is 4.14. The molecule has 0 radical (unpaired) electrons. The van der Waals surface area contributed by atoms with Gasteiger partial charge in [-0.3, -0.25) is 5.32 Å². The Labute approximate surface area is 174 Å². The predicted octanol–water partition coefficient (Wildman–Crippen LogP) is 5.08. The lowest BCUT2D eigenvalue weighted by molar-refractivity contribution is 0.607. The van der Waals surface area contributed by atoms with E-state index in [0.29, 0.717) is 0 Å². The third-order valence-electron chi connectivity index (χ3n) is 4.79. The SMILES string of the molecule is CC1(Nc2ccc(CCNC3=CCc4c(Cl)cccc4S3)cc2)NCCS1.